The van der Waals surface area contributed by atoms with Gasteiger partial charge in [-0.2, -0.15) is 0 Å². The second-order valence-electron chi connectivity index (χ2n) is 5.11. The first-order valence-corrected chi connectivity index (χ1v) is 6.92. The van der Waals surface area contributed by atoms with Gasteiger partial charge in [-0.3, -0.25) is 0 Å². The number of hydrogen-bond donors (Lipinski definition) is 1. The third-order valence-electron chi connectivity index (χ3n) is 3.87. The Morgan fingerprint density at radius 3 is 2.17 bits per heavy atom. The van der Waals surface area contributed by atoms with Crippen LogP contribution in [0.5, 0.6) is 0 Å². The number of quaternary nitrogens is 1. The Hall–Kier alpha value is -1.60. The monoisotopic (exact) mass is 238 g/mol. The third kappa shape index (κ3) is 2.46. The van der Waals surface area contributed by atoms with E-state index in [4.69, 9.17) is 0 Å². The maximum atomic E-state index is 2.49. The van der Waals surface area contributed by atoms with Crippen LogP contribution in [0.2, 0.25) is 0 Å². The average molecular weight is 238 g/mol. The molecule has 0 amide bonds. The van der Waals surface area contributed by atoms with Gasteiger partial charge in [-0.1, -0.05) is 54.6 Å². The fraction of sp³-hybridized carbons (Fsp3) is 0.294. The summed E-state index contributed by atoms with van der Waals surface area (Å²) in [6, 6.07) is 20.4. The summed E-state index contributed by atoms with van der Waals surface area (Å²) in [6.45, 7) is 1.28. The summed E-state index contributed by atoms with van der Waals surface area (Å²) < 4.78 is 0. The van der Waals surface area contributed by atoms with E-state index >= 15 is 0 Å². The van der Waals surface area contributed by atoms with Gasteiger partial charge in [0.15, 0.2) is 0 Å². The Morgan fingerprint density at radius 1 is 0.778 bits per heavy atom. The SMILES string of the molecule is c1ccc(-c2ccc([C@@H]3CCCC[NH2+]3)cc2)cc1. The van der Waals surface area contributed by atoms with Crippen molar-refractivity contribution >= 4 is 0 Å². The first-order valence-electron chi connectivity index (χ1n) is 6.92. The van der Waals surface area contributed by atoms with Gasteiger partial charge in [-0.25, -0.2) is 0 Å². The molecule has 0 spiro atoms. The molecule has 1 atom stereocenters. The molecular formula is C17H20N+. The second-order valence-corrected chi connectivity index (χ2v) is 5.11. The van der Waals surface area contributed by atoms with Crippen molar-refractivity contribution in [3.05, 3.63) is 60.2 Å². The molecule has 1 aliphatic heterocycles. The molecule has 92 valence electrons. The minimum absolute atomic E-state index is 0.684. The van der Waals surface area contributed by atoms with Gasteiger partial charge < -0.3 is 5.32 Å². The maximum Gasteiger partial charge on any atom is 0.112 e. The van der Waals surface area contributed by atoms with Gasteiger partial charge in [0.05, 0.1) is 6.54 Å². The van der Waals surface area contributed by atoms with Crippen LogP contribution in [0.1, 0.15) is 30.9 Å². The topological polar surface area (TPSA) is 16.6 Å². The first kappa shape index (κ1) is 11.5. The normalized spacial score (nSPS) is 19.7. The zero-order valence-electron chi connectivity index (χ0n) is 10.7. The van der Waals surface area contributed by atoms with Crippen LogP contribution in [0.4, 0.5) is 0 Å². The molecule has 0 radical (unpaired) electrons. The van der Waals surface area contributed by atoms with E-state index in [9.17, 15) is 0 Å². The van der Waals surface area contributed by atoms with Gasteiger partial charge in [-0.05, 0) is 24.0 Å². The highest BCUT2D eigenvalue weighted by Crippen LogP contribution is 2.23. The first-order chi connectivity index (χ1) is 8.93. The second kappa shape index (κ2) is 5.36. The van der Waals surface area contributed by atoms with E-state index < -0.39 is 0 Å². The van der Waals surface area contributed by atoms with Gasteiger partial charge in [0.1, 0.15) is 6.04 Å². The van der Waals surface area contributed by atoms with Crippen molar-refractivity contribution in [1.29, 1.82) is 0 Å². The molecule has 0 aliphatic carbocycles. The zero-order chi connectivity index (χ0) is 12.2. The van der Waals surface area contributed by atoms with Gasteiger partial charge in [-0.15, -0.1) is 0 Å². The Bertz CT molecular complexity index is 481. The molecule has 1 saturated heterocycles. The van der Waals surface area contributed by atoms with Crippen molar-refractivity contribution in [2.45, 2.75) is 25.3 Å². The van der Waals surface area contributed by atoms with Crippen LogP contribution >= 0.6 is 0 Å². The van der Waals surface area contributed by atoms with E-state index in [1.165, 1.54) is 42.5 Å². The van der Waals surface area contributed by atoms with E-state index in [2.05, 4.69) is 59.9 Å². The summed E-state index contributed by atoms with van der Waals surface area (Å²) in [6.07, 6.45) is 4.07. The van der Waals surface area contributed by atoms with Gasteiger partial charge in [0.25, 0.3) is 0 Å². The smallest absolute Gasteiger partial charge is 0.112 e. The molecule has 1 aliphatic rings. The van der Waals surface area contributed by atoms with Gasteiger partial charge >= 0.3 is 0 Å². The standard InChI is InChI=1S/C17H19N/c1-2-6-14(7-3-1)15-9-11-16(12-10-15)17-8-4-5-13-18-17/h1-3,6-7,9-12,17-18H,4-5,8,13H2/p+1/t17-/m0/s1. The molecule has 3 rings (SSSR count). The lowest BCUT2D eigenvalue weighted by atomic mass is 9.95. The molecule has 2 N–H and O–H groups in total. The van der Waals surface area contributed by atoms with Crippen molar-refractivity contribution < 1.29 is 5.32 Å². The predicted molar refractivity (Wildman–Crippen MR) is 75.3 cm³/mol. The van der Waals surface area contributed by atoms with Crippen molar-refractivity contribution in [3.8, 4) is 11.1 Å². The maximum absolute atomic E-state index is 2.49. The lowest BCUT2D eigenvalue weighted by Gasteiger charge is -2.20. The van der Waals surface area contributed by atoms with Crippen LogP contribution in [-0.2, 0) is 0 Å². The molecule has 0 saturated carbocycles. The van der Waals surface area contributed by atoms with Crippen LogP contribution < -0.4 is 5.32 Å². The Labute approximate surface area is 109 Å². The Kier molecular flexibility index (Phi) is 3.42. The molecule has 1 heterocycles. The number of piperidine rings is 1. The average Bonchev–Trinajstić information content (AvgIpc) is 2.49. The summed E-state index contributed by atoms with van der Waals surface area (Å²) in [4.78, 5) is 0. The van der Waals surface area contributed by atoms with E-state index in [0.717, 1.165) is 0 Å². The fourth-order valence-electron chi connectivity index (χ4n) is 2.80. The number of rotatable bonds is 2. The molecule has 18 heavy (non-hydrogen) atoms. The molecular weight excluding hydrogens is 218 g/mol. The highest BCUT2D eigenvalue weighted by molar-refractivity contribution is 5.63. The summed E-state index contributed by atoms with van der Waals surface area (Å²) in [5, 5.41) is 2.49. The van der Waals surface area contributed by atoms with E-state index in [1.54, 1.807) is 0 Å². The lowest BCUT2D eigenvalue weighted by Crippen LogP contribution is -2.86. The molecule has 0 aromatic heterocycles. The summed E-state index contributed by atoms with van der Waals surface area (Å²) in [7, 11) is 0. The number of benzene rings is 2. The summed E-state index contributed by atoms with van der Waals surface area (Å²) >= 11 is 0. The molecule has 1 heteroatoms. The van der Waals surface area contributed by atoms with Crippen LogP contribution in [0, 0.1) is 0 Å². The van der Waals surface area contributed by atoms with Crippen LogP contribution in [0.15, 0.2) is 54.6 Å². The largest absolute Gasteiger partial charge is 0.340 e. The van der Waals surface area contributed by atoms with Gasteiger partial charge in [0, 0.05) is 12.0 Å². The van der Waals surface area contributed by atoms with Gasteiger partial charge in [0.2, 0.25) is 0 Å². The van der Waals surface area contributed by atoms with E-state index in [0.29, 0.717) is 6.04 Å². The van der Waals surface area contributed by atoms with Crippen LogP contribution in [0.3, 0.4) is 0 Å². The molecule has 1 nitrogen and oxygen atoms in total. The van der Waals surface area contributed by atoms with Crippen LogP contribution in [-0.4, -0.2) is 6.54 Å². The summed E-state index contributed by atoms with van der Waals surface area (Å²) in [5.41, 5.74) is 4.10. The van der Waals surface area contributed by atoms with Crippen molar-refractivity contribution in [3.63, 3.8) is 0 Å². The van der Waals surface area contributed by atoms with E-state index in [1.807, 2.05) is 0 Å². The Balaban J connectivity index is 1.80. The molecule has 0 unspecified atom stereocenters. The Morgan fingerprint density at radius 2 is 1.50 bits per heavy atom. The fourth-order valence-corrected chi connectivity index (χ4v) is 2.80. The van der Waals surface area contributed by atoms with Crippen molar-refractivity contribution in [1.82, 2.24) is 0 Å². The number of nitrogens with two attached hydrogens (primary N) is 1. The number of hydrogen-bond acceptors (Lipinski definition) is 0. The lowest BCUT2D eigenvalue weighted by molar-refractivity contribution is -0.704. The van der Waals surface area contributed by atoms with E-state index in [-0.39, 0.29) is 0 Å². The molecule has 2 aromatic carbocycles. The zero-order valence-corrected chi connectivity index (χ0v) is 10.7. The predicted octanol–water partition coefficient (Wildman–Crippen LogP) is 3.14. The quantitative estimate of drug-likeness (QED) is 0.827. The van der Waals surface area contributed by atoms with Crippen molar-refractivity contribution in [2.75, 3.05) is 6.54 Å². The van der Waals surface area contributed by atoms with Crippen molar-refractivity contribution in [2.24, 2.45) is 0 Å². The highest BCUT2D eigenvalue weighted by atomic mass is 14.9. The molecule has 1 fully saturated rings. The molecule has 0 bridgehead atoms. The van der Waals surface area contributed by atoms with Crippen LogP contribution in [0.25, 0.3) is 11.1 Å². The minimum atomic E-state index is 0.684. The minimum Gasteiger partial charge on any atom is -0.340 e. The highest BCUT2D eigenvalue weighted by Gasteiger charge is 2.17. The third-order valence-corrected chi connectivity index (χ3v) is 3.87. The molecule has 2 aromatic rings. The summed E-state index contributed by atoms with van der Waals surface area (Å²) in [5.74, 6) is 0.